The van der Waals surface area contributed by atoms with Gasteiger partial charge >= 0.3 is 0 Å². The third-order valence-corrected chi connectivity index (χ3v) is 4.60. The smallest absolute Gasteiger partial charge is 0.160 e. The lowest BCUT2D eigenvalue weighted by atomic mass is 10.3. The van der Waals surface area contributed by atoms with Crippen LogP contribution in [0.3, 0.4) is 0 Å². The minimum absolute atomic E-state index is 0.0644. The van der Waals surface area contributed by atoms with Crippen molar-refractivity contribution in [3.63, 3.8) is 0 Å². The van der Waals surface area contributed by atoms with E-state index in [4.69, 9.17) is 11.6 Å². The Labute approximate surface area is 120 Å². The van der Waals surface area contributed by atoms with Gasteiger partial charge in [-0.1, -0.05) is 0 Å². The van der Waals surface area contributed by atoms with Gasteiger partial charge in [-0.05, 0) is 25.5 Å². The summed E-state index contributed by atoms with van der Waals surface area (Å²) in [7, 11) is -0.864. The van der Waals surface area contributed by atoms with E-state index in [2.05, 4.69) is 9.97 Å². The Bertz CT molecular complexity index is 611. The van der Waals surface area contributed by atoms with Gasteiger partial charge in [-0.15, -0.1) is 11.6 Å². The number of hydrogen-bond acceptors (Lipinski definition) is 3. The molecule has 2 unspecified atom stereocenters. The van der Waals surface area contributed by atoms with Crippen LogP contribution < -0.4 is 0 Å². The van der Waals surface area contributed by atoms with E-state index < -0.39 is 10.8 Å². The molecule has 0 spiro atoms. The van der Waals surface area contributed by atoms with E-state index in [1.807, 2.05) is 30.7 Å². The summed E-state index contributed by atoms with van der Waals surface area (Å²) in [5.41, 5.74) is 2.82. The van der Waals surface area contributed by atoms with Crippen molar-refractivity contribution in [1.82, 2.24) is 14.5 Å². The molecule has 2 atom stereocenters. The topological polar surface area (TPSA) is 47.8 Å². The second-order valence-electron chi connectivity index (χ2n) is 4.74. The Kier molecular flexibility index (Phi) is 4.58. The molecule has 104 valence electrons. The number of imidazole rings is 1. The fraction of sp³-hybridized carbons (Fsp3) is 0.538. The number of alkyl halides is 1. The molecule has 0 fully saturated rings. The van der Waals surface area contributed by atoms with E-state index >= 15 is 0 Å². The number of hydrogen-bond donors (Lipinski definition) is 0. The summed E-state index contributed by atoms with van der Waals surface area (Å²) < 4.78 is 13.6. The number of fused-ring (bicyclic) bond motifs is 1. The van der Waals surface area contributed by atoms with E-state index in [9.17, 15) is 4.21 Å². The fourth-order valence-corrected chi connectivity index (χ4v) is 2.52. The summed E-state index contributed by atoms with van der Waals surface area (Å²) in [6.07, 6.45) is 4.25. The maximum Gasteiger partial charge on any atom is 0.160 e. The Hall–Kier alpha value is -0.940. The summed E-state index contributed by atoms with van der Waals surface area (Å²) in [6.45, 7) is 4.62. The van der Waals surface area contributed by atoms with Crippen LogP contribution in [0.1, 0.15) is 18.3 Å². The molecular weight excluding hydrogens is 282 g/mol. The number of pyridine rings is 1. The molecule has 0 aliphatic rings. The summed E-state index contributed by atoms with van der Waals surface area (Å²) in [6, 6.07) is 2.02. The van der Waals surface area contributed by atoms with Gasteiger partial charge < -0.3 is 4.57 Å². The Balaban J connectivity index is 2.48. The minimum Gasteiger partial charge on any atom is -0.311 e. The maximum absolute atomic E-state index is 11.6. The van der Waals surface area contributed by atoms with E-state index in [1.165, 1.54) is 0 Å². The first-order chi connectivity index (χ1) is 9.02. The highest BCUT2D eigenvalue weighted by Gasteiger charge is 2.15. The Morgan fingerprint density at radius 2 is 2.26 bits per heavy atom. The third kappa shape index (κ3) is 3.15. The van der Waals surface area contributed by atoms with Crippen LogP contribution in [0, 0.1) is 6.92 Å². The first-order valence-corrected chi connectivity index (χ1v) is 8.38. The van der Waals surface area contributed by atoms with Crippen molar-refractivity contribution in [3.05, 3.63) is 23.7 Å². The largest absolute Gasteiger partial charge is 0.311 e. The van der Waals surface area contributed by atoms with Gasteiger partial charge in [-0.2, -0.15) is 0 Å². The fourth-order valence-electron chi connectivity index (χ4n) is 1.99. The average Bonchev–Trinajstić information content (AvgIpc) is 2.67. The van der Waals surface area contributed by atoms with Crippen molar-refractivity contribution in [1.29, 1.82) is 0 Å². The molecule has 0 saturated carbocycles. The number of halogens is 1. The zero-order valence-electron chi connectivity index (χ0n) is 11.4. The van der Waals surface area contributed by atoms with Crippen molar-refractivity contribution < 1.29 is 4.21 Å². The van der Waals surface area contributed by atoms with Gasteiger partial charge in [0.15, 0.2) is 5.65 Å². The van der Waals surface area contributed by atoms with Gasteiger partial charge in [0.1, 0.15) is 11.3 Å². The van der Waals surface area contributed by atoms with Crippen molar-refractivity contribution in [2.45, 2.75) is 32.1 Å². The molecule has 0 amide bonds. The zero-order valence-corrected chi connectivity index (χ0v) is 13.0. The maximum atomic E-state index is 11.6. The van der Waals surface area contributed by atoms with Crippen LogP contribution in [0.25, 0.3) is 11.2 Å². The molecule has 19 heavy (non-hydrogen) atoms. The lowest BCUT2D eigenvalue weighted by Crippen LogP contribution is -2.19. The predicted octanol–water partition coefficient (Wildman–Crippen LogP) is 2.29. The number of aromatic nitrogens is 3. The summed E-state index contributed by atoms with van der Waals surface area (Å²) in [4.78, 5) is 9.05. The van der Waals surface area contributed by atoms with Crippen molar-refractivity contribution in [3.8, 4) is 0 Å². The number of rotatable bonds is 5. The predicted molar refractivity (Wildman–Crippen MR) is 80.2 cm³/mol. The van der Waals surface area contributed by atoms with Crippen LogP contribution >= 0.6 is 11.6 Å². The van der Waals surface area contributed by atoms with E-state index in [0.29, 0.717) is 18.8 Å². The minimum atomic E-state index is -0.864. The van der Waals surface area contributed by atoms with Crippen LogP contribution in [0.15, 0.2) is 12.3 Å². The standard InChI is InChI=1S/C13H18ClN3OS/c1-9-6-11-13(15-7-9)17(8-10(2)19(3)18)12(16-11)4-5-14/h6-7,10H,4-5,8H2,1-3H3. The van der Waals surface area contributed by atoms with Crippen molar-refractivity contribution >= 4 is 33.6 Å². The molecule has 0 aromatic carbocycles. The molecule has 2 aromatic rings. The van der Waals surface area contributed by atoms with Gasteiger partial charge in [0.25, 0.3) is 0 Å². The lowest BCUT2D eigenvalue weighted by Gasteiger charge is -2.12. The summed E-state index contributed by atoms with van der Waals surface area (Å²) >= 11 is 5.83. The lowest BCUT2D eigenvalue weighted by molar-refractivity contribution is 0.633. The van der Waals surface area contributed by atoms with Crippen LogP contribution in [-0.2, 0) is 23.8 Å². The van der Waals surface area contributed by atoms with Crippen molar-refractivity contribution in [2.75, 3.05) is 12.1 Å². The van der Waals surface area contributed by atoms with Gasteiger partial charge in [-0.3, -0.25) is 4.21 Å². The summed E-state index contributed by atoms with van der Waals surface area (Å²) in [5, 5.41) is 0.0644. The van der Waals surface area contributed by atoms with Gasteiger partial charge in [-0.25, -0.2) is 9.97 Å². The van der Waals surface area contributed by atoms with Gasteiger partial charge in [0.05, 0.1) is 0 Å². The Morgan fingerprint density at radius 1 is 1.53 bits per heavy atom. The second-order valence-corrected chi connectivity index (χ2v) is 6.92. The first-order valence-electron chi connectivity index (χ1n) is 6.23. The van der Waals surface area contributed by atoms with Crippen LogP contribution in [0.4, 0.5) is 0 Å². The van der Waals surface area contributed by atoms with E-state index in [0.717, 1.165) is 22.6 Å². The van der Waals surface area contributed by atoms with Crippen LogP contribution in [-0.4, -0.2) is 36.1 Å². The highest BCUT2D eigenvalue weighted by atomic mass is 35.5. The van der Waals surface area contributed by atoms with Crippen molar-refractivity contribution in [2.24, 2.45) is 0 Å². The molecular formula is C13H18ClN3OS. The highest BCUT2D eigenvalue weighted by Crippen LogP contribution is 2.17. The number of aryl methyl sites for hydroxylation is 2. The first kappa shape index (κ1) is 14.5. The summed E-state index contributed by atoms with van der Waals surface area (Å²) in [5.74, 6) is 1.44. The second kappa shape index (κ2) is 6.01. The quantitative estimate of drug-likeness (QED) is 0.796. The van der Waals surface area contributed by atoms with E-state index in [1.54, 1.807) is 6.26 Å². The van der Waals surface area contributed by atoms with Crippen LogP contribution in [0.2, 0.25) is 0 Å². The normalized spacial score (nSPS) is 14.7. The third-order valence-electron chi connectivity index (χ3n) is 3.13. The molecule has 2 aromatic heterocycles. The van der Waals surface area contributed by atoms with Crippen LogP contribution in [0.5, 0.6) is 0 Å². The molecule has 0 bridgehead atoms. The molecule has 0 N–H and O–H groups in total. The zero-order chi connectivity index (χ0) is 14.0. The molecule has 0 saturated heterocycles. The molecule has 4 nitrogen and oxygen atoms in total. The molecule has 2 rings (SSSR count). The highest BCUT2D eigenvalue weighted by molar-refractivity contribution is 7.84. The average molecular weight is 300 g/mol. The number of nitrogens with zero attached hydrogens (tertiary/aromatic N) is 3. The molecule has 6 heteroatoms. The Morgan fingerprint density at radius 3 is 2.89 bits per heavy atom. The monoisotopic (exact) mass is 299 g/mol. The molecule has 0 radical (unpaired) electrons. The molecule has 2 heterocycles. The molecule has 0 aliphatic heterocycles. The van der Waals surface area contributed by atoms with Gasteiger partial charge in [0.2, 0.25) is 0 Å². The van der Waals surface area contributed by atoms with E-state index in [-0.39, 0.29) is 5.25 Å². The SMILES string of the molecule is Cc1cnc2c(c1)nc(CCCl)n2CC(C)S(C)=O. The van der Waals surface area contributed by atoms with Gasteiger partial charge in [0, 0.05) is 47.3 Å². The molecule has 0 aliphatic carbocycles.